The van der Waals surface area contributed by atoms with Crippen molar-refractivity contribution in [2.45, 2.75) is 23.8 Å². The molecule has 3 rings (SSSR count). The van der Waals surface area contributed by atoms with Crippen molar-refractivity contribution in [2.24, 2.45) is 5.92 Å². The molecule has 1 atom stereocenters. The zero-order chi connectivity index (χ0) is 16.6. The standard InChI is InChI=1S/C16H16F2N2O2S/c17-11-3-8-15(18)14(9-11)16(10-1-2-10)20-23(21,22)13-6-4-12(19)5-7-13/h3-10,16,20H,1-2,19H2/t16-/m1/s1. The molecular formula is C16H16F2N2O2S. The van der Waals surface area contributed by atoms with Crippen molar-refractivity contribution < 1.29 is 17.2 Å². The lowest BCUT2D eigenvalue weighted by Gasteiger charge is -2.19. The maximum Gasteiger partial charge on any atom is 0.241 e. The van der Waals surface area contributed by atoms with Crippen molar-refractivity contribution in [1.82, 2.24) is 4.72 Å². The lowest BCUT2D eigenvalue weighted by Crippen LogP contribution is -2.30. The van der Waals surface area contributed by atoms with Crippen LogP contribution < -0.4 is 10.5 Å². The second-order valence-corrected chi connectivity index (χ2v) is 7.39. The maximum atomic E-state index is 14.0. The molecule has 0 spiro atoms. The summed E-state index contributed by atoms with van der Waals surface area (Å²) in [7, 11) is -3.85. The molecule has 0 saturated heterocycles. The van der Waals surface area contributed by atoms with Crippen molar-refractivity contribution in [3.05, 3.63) is 59.7 Å². The van der Waals surface area contributed by atoms with Gasteiger partial charge >= 0.3 is 0 Å². The molecule has 23 heavy (non-hydrogen) atoms. The van der Waals surface area contributed by atoms with Gasteiger partial charge in [0.1, 0.15) is 11.6 Å². The molecule has 1 saturated carbocycles. The summed E-state index contributed by atoms with van der Waals surface area (Å²) in [5.41, 5.74) is 6.03. The zero-order valence-electron chi connectivity index (χ0n) is 12.2. The highest BCUT2D eigenvalue weighted by Gasteiger charge is 2.37. The molecule has 0 radical (unpaired) electrons. The normalized spacial score (nSPS) is 16.3. The number of halogens is 2. The molecular weight excluding hydrogens is 322 g/mol. The third-order valence-corrected chi connectivity index (χ3v) is 5.32. The number of anilines is 1. The molecule has 2 aromatic rings. The summed E-state index contributed by atoms with van der Waals surface area (Å²) in [6, 6.07) is 7.99. The van der Waals surface area contributed by atoms with Crippen LogP contribution in [0.1, 0.15) is 24.4 Å². The Bertz CT molecular complexity index is 818. The molecule has 122 valence electrons. The Kier molecular flexibility index (Phi) is 4.08. The quantitative estimate of drug-likeness (QED) is 0.823. The average molecular weight is 338 g/mol. The number of hydrogen-bond donors (Lipinski definition) is 2. The maximum absolute atomic E-state index is 14.0. The molecule has 2 aromatic carbocycles. The van der Waals surface area contributed by atoms with E-state index in [-0.39, 0.29) is 16.4 Å². The summed E-state index contributed by atoms with van der Waals surface area (Å²) in [5.74, 6) is -1.25. The van der Waals surface area contributed by atoms with Gasteiger partial charge in [0.2, 0.25) is 10.0 Å². The summed E-state index contributed by atoms with van der Waals surface area (Å²) in [6.07, 6.45) is 1.54. The third kappa shape index (κ3) is 3.51. The number of nitrogens with two attached hydrogens (primary N) is 1. The van der Waals surface area contributed by atoms with Crippen LogP contribution in [0.2, 0.25) is 0 Å². The average Bonchev–Trinajstić information content (AvgIpc) is 3.33. The van der Waals surface area contributed by atoms with E-state index in [1.165, 1.54) is 24.3 Å². The lowest BCUT2D eigenvalue weighted by atomic mass is 10.0. The van der Waals surface area contributed by atoms with Crippen LogP contribution in [0.5, 0.6) is 0 Å². The predicted molar refractivity (Wildman–Crippen MR) is 83.0 cm³/mol. The van der Waals surface area contributed by atoms with Crippen molar-refractivity contribution in [3.63, 3.8) is 0 Å². The summed E-state index contributed by atoms with van der Waals surface area (Å²) in [6.45, 7) is 0. The fraction of sp³-hybridized carbons (Fsp3) is 0.250. The van der Waals surface area contributed by atoms with E-state index < -0.39 is 27.7 Å². The number of rotatable bonds is 5. The lowest BCUT2D eigenvalue weighted by molar-refractivity contribution is 0.498. The second-order valence-electron chi connectivity index (χ2n) is 5.67. The number of benzene rings is 2. The molecule has 0 unspecified atom stereocenters. The number of hydrogen-bond acceptors (Lipinski definition) is 3. The smallest absolute Gasteiger partial charge is 0.241 e. The largest absolute Gasteiger partial charge is 0.399 e. The van der Waals surface area contributed by atoms with E-state index >= 15 is 0 Å². The van der Waals surface area contributed by atoms with Crippen molar-refractivity contribution in [3.8, 4) is 0 Å². The van der Waals surface area contributed by atoms with Crippen LogP contribution >= 0.6 is 0 Å². The van der Waals surface area contributed by atoms with E-state index in [4.69, 9.17) is 5.73 Å². The van der Waals surface area contributed by atoms with E-state index in [0.717, 1.165) is 31.0 Å². The van der Waals surface area contributed by atoms with Crippen LogP contribution in [0.25, 0.3) is 0 Å². The van der Waals surface area contributed by atoms with Crippen molar-refractivity contribution >= 4 is 15.7 Å². The number of nitrogens with one attached hydrogen (secondary N) is 1. The second kappa shape index (κ2) is 5.90. The molecule has 1 aliphatic carbocycles. The zero-order valence-corrected chi connectivity index (χ0v) is 13.0. The van der Waals surface area contributed by atoms with Gasteiger partial charge in [0.15, 0.2) is 0 Å². The molecule has 0 aromatic heterocycles. The molecule has 0 aliphatic heterocycles. The fourth-order valence-electron chi connectivity index (χ4n) is 2.48. The molecule has 0 heterocycles. The van der Waals surface area contributed by atoms with Crippen LogP contribution in [0.4, 0.5) is 14.5 Å². The minimum absolute atomic E-state index is 0.0325. The van der Waals surface area contributed by atoms with Gasteiger partial charge < -0.3 is 5.73 Å². The van der Waals surface area contributed by atoms with Crippen LogP contribution in [-0.2, 0) is 10.0 Å². The number of nitrogen functional groups attached to an aromatic ring is 1. The van der Waals surface area contributed by atoms with Gasteiger partial charge in [-0.1, -0.05) is 0 Å². The molecule has 0 amide bonds. The molecule has 4 nitrogen and oxygen atoms in total. The highest BCUT2D eigenvalue weighted by molar-refractivity contribution is 7.89. The fourth-order valence-corrected chi connectivity index (χ4v) is 3.76. The first kappa shape index (κ1) is 15.9. The van der Waals surface area contributed by atoms with Gasteiger partial charge in [-0.25, -0.2) is 21.9 Å². The Balaban J connectivity index is 1.94. The van der Waals surface area contributed by atoms with Gasteiger partial charge in [-0.3, -0.25) is 0 Å². The van der Waals surface area contributed by atoms with Crippen LogP contribution in [0, 0.1) is 17.6 Å². The first-order chi connectivity index (χ1) is 10.9. The Hall–Kier alpha value is -1.99. The van der Waals surface area contributed by atoms with E-state index in [0.29, 0.717) is 5.69 Å². The minimum atomic E-state index is -3.85. The molecule has 1 aliphatic rings. The van der Waals surface area contributed by atoms with E-state index in [1.807, 2.05) is 0 Å². The Morgan fingerprint density at radius 1 is 1.09 bits per heavy atom. The summed E-state index contributed by atoms with van der Waals surface area (Å²) in [5, 5.41) is 0. The Morgan fingerprint density at radius 3 is 2.35 bits per heavy atom. The monoisotopic (exact) mass is 338 g/mol. The third-order valence-electron chi connectivity index (χ3n) is 3.86. The molecule has 7 heteroatoms. The first-order valence-corrected chi connectivity index (χ1v) is 8.68. The Labute approximate surface area is 133 Å². The van der Waals surface area contributed by atoms with Crippen LogP contribution in [-0.4, -0.2) is 8.42 Å². The molecule has 3 N–H and O–H groups in total. The molecule has 0 bridgehead atoms. The summed E-state index contributed by atoms with van der Waals surface area (Å²) >= 11 is 0. The van der Waals surface area contributed by atoms with Gasteiger partial charge in [-0.05, 0) is 61.2 Å². The highest BCUT2D eigenvalue weighted by atomic mass is 32.2. The number of sulfonamides is 1. The molecule has 1 fully saturated rings. The topological polar surface area (TPSA) is 72.2 Å². The van der Waals surface area contributed by atoms with Crippen LogP contribution in [0.3, 0.4) is 0 Å². The Morgan fingerprint density at radius 2 is 1.74 bits per heavy atom. The first-order valence-electron chi connectivity index (χ1n) is 7.19. The van der Waals surface area contributed by atoms with Gasteiger partial charge in [-0.2, -0.15) is 0 Å². The summed E-state index contributed by atoms with van der Waals surface area (Å²) in [4.78, 5) is 0.0363. The van der Waals surface area contributed by atoms with Crippen molar-refractivity contribution in [1.29, 1.82) is 0 Å². The highest BCUT2D eigenvalue weighted by Crippen LogP contribution is 2.42. The SMILES string of the molecule is Nc1ccc(S(=O)(=O)N[C@@H](c2cc(F)ccc2F)C2CC2)cc1. The van der Waals surface area contributed by atoms with E-state index in [1.54, 1.807) is 0 Å². The minimum Gasteiger partial charge on any atom is -0.399 e. The van der Waals surface area contributed by atoms with Crippen molar-refractivity contribution in [2.75, 3.05) is 5.73 Å². The van der Waals surface area contributed by atoms with Gasteiger partial charge in [-0.15, -0.1) is 0 Å². The van der Waals surface area contributed by atoms with Gasteiger partial charge in [0.05, 0.1) is 10.9 Å². The predicted octanol–water partition coefficient (Wildman–Crippen LogP) is 2.98. The van der Waals surface area contributed by atoms with E-state index in [9.17, 15) is 17.2 Å². The van der Waals surface area contributed by atoms with Gasteiger partial charge in [0.25, 0.3) is 0 Å². The summed E-state index contributed by atoms with van der Waals surface area (Å²) < 4.78 is 54.9. The van der Waals surface area contributed by atoms with E-state index in [2.05, 4.69) is 4.72 Å². The van der Waals surface area contributed by atoms with Gasteiger partial charge in [0, 0.05) is 11.3 Å². The van der Waals surface area contributed by atoms with Crippen LogP contribution in [0.15, 0.2) is 47.4 Å².